The largest absolute Gasteiger partial charge is 0.305 e. The predicted molar refractivity (Wildman–Crippen MR) is 100 cm³/mol. The molecule has 1 unspecified atom stereocenters. The summed E-state index contributed by atoms with van der Waals surface area (Å²) in [5.74, 6) is -0.236. The van der Waals surface area contributed by atoms with Crippen LogP contribution in [0, 0.1) is 5.82 Å². The van der Waals surface area contributed by atoms with E-state index in [0.29, 0.717) is 11.6 Å². The molecule has 2 aromatic heterocycles. The van der Waals surface area contributed by atoms with Gasteiger partial charge in [-0.1, -0.05) is 0 Å². The summed E-state index contributed by atoms with van der Waals surface area (Å²) in [6, 6.07) is 9.46. The van der Waals surface area contributed by atoms with E-state index in [0.717, 1.165) is 48.4 Å². The van der Waals surface area contributed by atoms with Gasteiger partial charge in [0.2, 0.25) is 0 Å². The van der Waals surface area contributed by atoms with Crippen LogP contribution in [-0.2, 0) is 6.54 Å². The number of likely N-dealkylation sites (tertiary alicyclic amines) is 1. The van der Waals surface area contributed by atoms with E-state index in [2.05, 4.69) is 38.8 Å². The summed E-state index contributed by atoms with van der Waals surface area (Å²) in [5.41, 5.74) is 3.97. The Bertz CT molecular complexity index is 929. The molecule has 0 N–H and O–H groups in total. The van der Waals surface area contributed by atoms with Gasteiger partial charge in [0.05, 0.1) is 17.4 Å². The Balaban J connectivity index is 1.61. The molecule has 4 rings (SSSR count). The summed E-state index contributed by atoms with van der Waals surface area (Å²) >= 11 is 0. The number of benzene rings is 1. The van der Waals surface area contributed by atoms with Crippen molar-refractivity contribution in [2.24, 2.45) is 0 Å². The maximum absolute atomic E-state index is 14.2. The fourth-order valence-corrected chi connectivity index (χ4v) is 3.61. The lowest BCUT2D eigenvalue weighted by Gasteiger charge is -2.24. The van der Waals surface area contributed by atoms with E-state index < -0.39 is 0 Å². The zero-order chi connectivity index (χ0) is 18.1. The molecule has 6 heteroatoms. The molecule has 1 aliphatic heterocycles. The van der Waals surface area contributed by atoms with Crippen LogP contribution in [0.25, 0.3) is 22.3 Å². The number of pyridine rings is 1. The highest BCUT2D eigenvalue weighted by Gasteiger charge is 2.23. The fraction of sp³-hybridized carbons (Fsp3) is 0.350. The monoisotopic (exact) mass is 351 g/mol. The van der Waals surface area contributed by atoms with Gasteiger partial charge in [-0.25, -0.2) is 19.3 Å². The molecule has 0 radical (unpaired) electrons. The highest BCUT2D eigenvalue weighted by atomic mass is 19.1. The number of fused-ring (bicyclic) bond motifs is 1. The Hall–Kier alpha value is -2.44. The quantitative estimate of drug-likeness (QED) is 0.723. The number of aromatic nitrogens is 3. The lowest BCUT2D eigenvalue weighted by atomic mass is 10.1. The maximum Gasteiger partial charge on any atom is 0.124 e. The summed E-state index contributed by atoms with van der Waals surface area (Å²) in [7, 11) is 4.25. The van der Waals surface area contributed by atoms with Gasteiger partial charge >= 0.3 is 0 Å². The summed E-state index contributed by atoms with van der Waals surface area (Å²) in [6.07, 6.45) is 4.33. The van der Waals surface area contributed by atoms with Crippen LogP contribution in [0.3, 0.4) is 0 Å². The second-order valence-corrected chi connectivity index (χ2v) is 7.09. The first-order valence-corrected chi connectivity index (χ1v) is 8.84. The minimum absolute atomic E-state index is 0.236. The normalized spacial score (nSPS) is 18.1. The van der Waals surface area contributed by atoms with Gasteiger partial charge in [-0.3, -0.25) is 4.90 Å². The van der Waals surface area contributed by atoms with E-state index in [1.807, 2.05) is 18.2 Å². The minimum atomic E-state index is -0.236. The molecular formula is C20H22FN5. The number of halogens is 1. The minimum Gasteiger partial charge on any atom is -0.305 e. The molecule has 0 saturated carbocycles. The number of hydrogen-bond acceptors (Lipinski definition) is 5. The number of likely N-dealkylation sites (N-methyl/N-ethyl adjacent to an activating group) is 2. The third-order valence-corrected chi connectivity index (χ3v) is 5.04. The zero-order valence-corrected chi connectivity index (χ0v) is 15.1. The van der Waals surface area contributed by atoms with Gasteiger partial charge in [0.25, 0.3) is 0 Å². The molecular weight excluding hydrogens is 329 g/mol. The van der Waals surface area contributed by atoms with E-state index >= 15 is 0 Å². The highest BCUT2D eigenvalue weighted by Crippen LogP contribution is 2.24. The van der Waals surface area contributed by atoms with Crippen molar-refractivity contribution in [3.8, 4) is 11.3 Å². The van der Waals surface area contributed by atoms with E-state index in [1.54, 1.807) is 12.3 Å². The Morgan fingerprint density at radius 3 is 2.92 bits per heavy atom. The van der Waals surface area contributed by atoms with Gasteiger partial charge in [0.1, 0.15) is 17.7 Å². The van der Waals surface area contributed by atoms with Crippen LogP contribution in [0.1, 0.15) is 12.0 Å². The van der Waals surface area contributed by atoms with Crippen LogP contribution in [0.2, 0.25) is 0 Å². The Morgan fingerprint density at radius 1 is 1.23 bits per heavy atom. The predicted octanol–water partition coefficient (Wildman–Crippen LogP) is 2.97. The number of hydrogen-bond donors (Lipinski definition) is 0. The van der Waals surface area contributed by atoms with Crippen molar-refractivity contribution >= 4 is 11.0 Å². The maximum atomic E-state index is 14.2. The molecule has 1 atom stereocenters. The van der Waals surface area contributed by atoms with Gasteiger partial charge in [0, 0.05) is 24.7 Å². The zero-order valence-electron chi connectivity index (χ0n) is 15.1. The van der Waals surface area contributed by atoms with Crippen molar-refractivity contribution in [2.45, 2.75) is 19.0 Å². The Kier molecular flexibility index (Phi) is 4.61. The molecule has 134 valence electrons. The van der Waals surface area contributed by atoms with Crippen molar-refractivity contribution in [3.63, 3.8) is 0 Å². The second kappa shape index (κ2) is 7.05. The smallest absolute Gasteiger partial charge is 0.124 e. The molecule has 3 aromatic rings. The first-order valence-electron chi connectivity index (χ1n) is 8.84. The number of rotatable bonds is 4. The highest BCUT2D eigenvalue weighted by molar-refractivity contribution is 5.77. The number of nitrogens with zero attached hydrogens (tertiary/aromatic N) is 5. The standard InChI is InChI=1S/C20H22FN5/c1-25-6-5-17(12-25)26(2)11-14-7-15(9-16(21)8-14)18-3-4-19-20(24-18)10-22-13-23-19/h3-4,7-10,13,17H,5-6,11-12H2,1-2H3. The van der Waals surface area contributed by atoms with Crippen molar-refractivity contribution in [3.05, 3.63) is 54.2 Å². The Labute approximate surface area is 152 Å². The van der Waals surface area contributed by atoms with Crippen LogP contribution in [-0.4, -0.2) is 58.0 Å². The van der Waals surface area contributed by atoms with E-state index in [1.165, 1.54) is 12.4 Å². The van der Waals surface area contributed by atoms with Crippen molar-refractivity contribution in [2.75, 3.05) is 27.2 Å². The van der Waals surface area contributed by atoms with Crippen LogP contribution in [0.15, 0.2) is 42.9 Å². The van der Waals surface area contributed by atoms with Crippen LogP contribution in [0.4, 0.5) is 4.39 Å². The molecule has 5 nitrogen and oxygen atoms in total. The SMILES string of the molecule is CN1CCC(N(C)Cc2cc(F)cc(-c3ccc4ncncc4n3)c2)C1. The first kappa shape index (κ1) is 17.0. The van der Waals surface area contributed by atoms with Crippen molar-refractivity contribution < 1.29 is 4.39 Å². The molecule has 0 spiro atoms. The van der Waals surface area contributed by atoms with Gasteiger partial charge in [-0.05, 0) is 63.0 Å². The van der Waals surface area contributed by atoms with E-state index in [9.17, 15) is 4.39 Å². The molecule has 1 fully saturated rings. The molecule has 0 aliphatic carbocycles. The van der Waals surface area contributed by atoms with Crippen molar-refractivity contribution in [1.29, 1.82) is 0 Å². The first-order chi connectivity index (χ1) is 12.6. The molecule has 1 saturated heterocycles. The van der Waals surface area contributed by atoms with Crippen LogP contribution >= 0.6 is 0 Å². The Morgan fingerprint density at radius 2 is 2.12 bits per heavy atom. The molecule has 0 bridgehead atoms. The topological polar surface area (TPSA) is 45.2 Å². The van der Waals surface area contributed by atoms with Crippen LogP contribution in [0.5, 0.6) is 0 Å². The van der Waals surface area contributed by atoms with Gasteiger partial charge in [-0.2, -0.15) is 0 Å². The van der Waals surface area contributed by atoms with Gasteiger partial charge in [-0.15, -0.1) is 0 Å². The molecule has 3 heterocycles. The van der Waals surface area contributed by atoms with Gasteiger partial charge in [0.15, 0.2) is 0 Å². The summed E-state index contributed by atoms with van der Waals surface area (Å²) < 4.78 is 14.2. The van der Waals surface area contributed by atoms with E-state index in [4.69, 9.17) is 0 Å². The molecule has 1 aliphatic rings. The summed E-state index contributed by atoms with van der Waals surface area (Å²) in [4.78, 5) is 17.4. The second-order valence-electron chi connectivity index (χ2n) is 7.09. The lowest BCUT2D eigenvalue weighted by Crippen LogP contribution is -2.33. The average molecular weight is 351 g/mol. The van der Waals surface area contributed by atoms with Crippen molar-refractivity contribution in [1.82, 2.24) is 24.8 Å². The third kappa shape index (κ3) is 3.57. The molecule has 1 aromatic carbocycles. The fourth-order valence-electron chi connectivity index (χ4n) is 3.61. The molecule has 26 heavy (non-hydrogen) atoms. The van der Waals surface area contributed by atoms with Gasteiger partial charge < -0.3 is 4.90 Å². The molecule has 0 amide bonds. The summed E-state index contributed by atoms with van der Waals surface area (Å²) in [6.45, 7) is 2.90. The van der Waals surface area contributed by atoms with E-state index in [-0.39, 0.29) is 5.82 Å². The lowest BCUT2D eigenvalue weighted by molar-refractivity contribution is 0.234. The average Bonchev–Trinajstić information content (AvgIpc) is 3.07. The third-order valence-electron chi connectivity index (χ3n) is 5.04. The summed E-state index contributed by atoms with van der Waals surface area (Å²) in [5, 5.41) is 0. The van der Waals surface area contributed by atoms with Crippen LogP contribution < -0.4 is 0 Å².